The highest BCUT2D eigenvalue weighted by Crippen LogP contribution is 2.16. The van der Waals surface area contributed by atoms with Gasteiger partial charge in [0.1, 0.15) is 0 Å². The SMILES string of the molecule is Cc1cccc(CN2CCN(c3ccc(-n4cccn4)nn3)CC2)c1. The Morgan fingerprint density at radius 3 is 2.40 bits per heavy atom. The summed E-state index contributed by atoms with van der Waals surface area (Å²) >= 11 is 0. The highest BCUT2D eigenvalue weighted by molar-refractivity contribution is 5.40. The summed E-state index contributed by atoms with van der Waals surface area (Å²) in [6.45, 7) is 7.18. The molecule has 0 radical (unpaired) electrons. The maximum absolute atomic E-state index is 4.38. The Morgan fingerprint density at radius 1 is 0.920 bits per heavy atom. The maximum atomic E-state index is 4.38. The second kappa shape index (κ2) is 7.03. The maximum Gasteiger partial charge on any atom is 0.175 e. The largest absolute Gasteiger partial charge is 0.353 e. The van der Waals surface area contributed by atoms with E-state index in [1.807, 2.05) is 24.4 Å². The Hall–Kier alpha value is -2.73. The number of benzene rings is 1. The Labute approximate surface area is 147 Å². The molecule has 0 amide bonds. The summed E-state index contributed by atoms with van der Waals surface area (Å²) in [5, 5.41) is 12.8. The average Bonchev–Trinajstić information content (AvgIpc) is 3.17. The van der Waals surface area contributed by atoms with Crippen LogP contribution in [0.25, 0.3) is 5.82 Å². The number of aryl methyl sites for hydroxylation is 1. The molecule has 1 aromatic carbocycles. The Kier molecular flexibility index (Phi) is 4.43. The molecular formula is C19H22N6. The molecule has 0 spiro atoms. The van der Waals surface area contributed by atoms with Gasteiger partial charge in [-0.2, -0.15) is 5.10 Å². The van der Waals surface area contributed by atoms with Crippen molar-refractivity contribution < 1.29 is 0 Å². The molecule has 0 N–H and O–H groups in total. The molecule has 128 valence electrons. The van der Waals surface area contributed by atoms with Gasteiger partial charge in [0.25, 0.3) is 0 Å². The van der Waals surface area contributed by atoms with Gasteiger partial charge in [0, 0.05) is 45.1 Å². The zero-order valence-electron chi connectivity index (χ0n) is 14.4. The molecule has 6 heteroatoms. The fraction of sp³-hybridized carbons (Fsp3) is 0.316. The van der Waals surface area contributed by atoms with E-state index < -0.39 is 0 Å². The molecule has 0 atom stereocenters. The number of rotatable bonds is 4. The van der Waals surface area contributed by atoms with Crippen molar-refractivity contribution >= 4 is 5.82 Å². The number of hydrogen-bond acceptors (Lipinski definition) is 5. The topological polar surface area (TPSA) is 50.1 Å². The zero-order valence-corrected chi connectivity index (χ0v) is 14.4. The molecule has 2 aromatic heterocycles. The number of nitrogens with zero attached hydrogens (tertiary/aromatic N) is 6. The molecule has 0 aliphatic carbocycles. The van der Waals surface area contributed by atoms with Crippen LogP contribution in [0.2, 0.25) is 0 Å². The van der Waals surface area contributed by atoms with Crippen LogP contribution in [0.4, 0.5) is 5.82 Å². The summed E-state index contributed by atoms with van der Waals surface area (Å²) in [7, 11) is 0. The molecule has 0 unspecified atom stereocenters. The minimum atomic E-state index is 0.742. The fourth-order valence-corrected chi connectivity index (χ4v) is 3.22. The number of anilines is 1. The van der Waals surface area contributed by atoms with Crippen LogP contribution in [0.3, 0.4) is 0 Å². The van der Waals surface area contributed by atoms with Crippen LogP contribution in [-0.4, -0.2) is 51.1 Å². The van der Waals surface area contributed by atoms with Gasteiger partial charge in [0.2, 0.25) is 0 Å². The quantitative estimate of drug-likeness (QED) is 0.733. The Balaban J connectivity index is 1.35. The van der Waals surface area contributed by atoms with E-state index in [0.717, 1.165) is 44.4 Å². The summed E-state index contributed by atoms with van der Waals surface area (Å²) < 4.78 is 1.72. The highest BCUT2D eigenvalue weighted by atomic mass is 15.4. The third-order valence-electron chi connectivity index (χ3n) is 4.56. The minimum Gasteiger partial charge on any atom is -0.353 e. The lowest BCUT2D eigenvalue weighted by Gasteiger charge is -2.35. The summed E-state index contributed by atoms with van der Waals surface area (Å²) in [6.07, 6.45) is 3.61. The monoisotopic (exact) mass is 334 g/mol. The van der Waals surface area contributed by atoms with Crippen molar-refractivity contribution in [3.8, 4) is 5.82 Å². The van der Waals surface area contributed by atoms with E-state index in [2.05, 4.69) is 56.3 Å². The van der Waals surface area contributed by atoms with Gasteiger partial charge in [0.15, 0.2) is 11.6 Å². The van der Waals surface area contributed by atoms with E-state index in [9.17, 15) is 0 Å². The molecule has 3 heterocycles. The van der Waals surface area contributed by atoms with Crippen LogP contribution in [0.5, 0.6) is 0 Å². The van der Waals surface area contributed by atoms with Crippen molar-refractivity contribution in [3.05, 3.63) is 66.0 Å². The standard InChI is InChI=1S/C19H22N6/c1-16-4-2-5-17(14-16)15-23-10-12-24(13-11-23)18-6-7-19(22-21-18)25-9-3-8-20-25/h2-9,14H,10-13,15H2,1H3. The van der Waals surface area contributed by atoms with Crippen molar-refractivity contribution in [2.24, 2.45) is 0 Å². The third-order valence-corrected chi connectivity index (χ3v) is 4.56. The van der Waals surface area contributed by atoms with Crippen molar-refractivity contribution in [1.82, 2.24) is 24.9 Å². The first-order chi connectivity index (χ1) is 12.3. The van der Waals surface area contributed by atoms with Gasteiger partial charge < -0.3 is 4.90 Å². The second-order valence-electron chi connectivity index (χ2n) is 6.45. The molecule has 4 rings (SSSR count). The summed E-state index contributed by atoms with van der Waals surface area (Å²) in [5.41, 5.74) is 2.71. The van der Waals surface area contributed by atoms with E-state index in [-0.39, 0.29) is 0 Å². The Bertz CT molecular complexity index is 804. The van der Waals surface area contributed by atoms with E-state index in [4.69, 9.17) is 0 Å². The smallest absolute Gasteiger partial charge is 0.175 e. The predicted octanol–water partition coefficient (Wildman–Crippen LogP) is 2.29. The van der Waals surface area contributed by atoms with Gasteiger partial charge in [0.05, 0.1) is 0 Å². The summed E-state index contributed by atoms with van der Waals surface area (Å²) in [5.74, 6) is 1.68. The number of piperazine rings is 1. The van der Waals surface area contributed by atoms with E-state index >= 15 is 0 Å². The van der Waals surface area contributed by atoms with Crippen molar-refractivity contribution in [3.63, 3.8) is 0 Å². The normalized spacial score (nSPS) is 15.5. The molecule has 25 heavy (non-hydrogen) atoms. The Morgan fingerprint density at radius 2 is 1.72 bits per heavy atom. The lowest BCUT2D eigenvalue weighted by molar-refractivity contribution is 0.249. The molecular weight excluding hydrogens is 312 g/mol. The minimum absolute atomic E-state index is 0.742. The van der Waals surface area contributed by atoms with E-state index in [0.29, 0.717) is 0 Å². The van der Waals surface area contributed by atoms with Gasteiger partial charge in [-0.3, -0.25) is 4.90 Å². The molecule has 6 nitrogen and oxygen atoms in total. The molecule has 1 aliphatic heterocycles. The van der Waals surface area contributed by atoms with Crippen LogP contribution < -0.4 is 4.90 Å². The molecule has 1 fully saturated rings. The average molecular weight is 334 g/mol. The first-order valence-electron chi connectivity index (χ1n) is 8.64. The summed E-state index contributed by atoms with van der Waals surface area (Å²) in [6, 6.07) is 14.6. The summed E-state index contributed by atoms with van der Waals surface area (Å²) in [4.78, 5) is 4.80. The van der Waals surface area contributed by atoms with Crippen LogP contribution in [0.1, 0.15) is 11.1 Å². The van der Waals surface area contributed by atoms with Crippen molar-refractivity contribution in [2.75, 3.05) is 31.1 Å². The second-order valence-corrected chi connectivity index (χ2v) is 6.45. The van der Waals surface area contributed by atoms with Crippen molar-refractivity contribution in [1.29, 1.82) is 0 Å². The van der Waals surface area contributed by atoms with Crippen LogP contribution in [0.15, 0.2) is 54.9 Å². The van der Waals surface area contributed by atoms with Gasteiger partial charge in [-0.1, -0.05) is 29.8 Å². The lowest BCUT2D eigenvalue weighted by Crippen LogP contribution is -2.46. The first kappa shape index (κ1) is 15.8. The number of hydrogen-bond donors (Lipinski definition) is 0. The first-order valence-corrected chi connectivity index (χ1v) is 8.64. The fourth-order valence-electron chi connectivity index (χ4n) is 3.22. The van der Waals surface area contributed by atoms with Gasteiger partial charge >= 0.3 is 0 Å². The van der Waals surface area contributed by atoms with Crippen LogP contribution in [0, 0.1) is 6.92 Å². The molecule has 0 saturated carbocycles. The number of aromatic nitrogens is 4. The highest BCUT2D eigenvalue weighted by Gasteiger charge is 2.18. The zero-order chi connectivity index (χ0) is 17.1. The van der Waals surface area contributed by atoms with Crippen LogP contribution >= 0.6 is 0 Å². The molecule has 1 aliphatic rings. The van der Waals surface area contributed by atoms with Gasteiger partial charge in [-0.05, 0) is 30.7 Å². The third kappa shape index (κ3) is 3.69. The lowest BCUT2D eigenvalue weighted by atomic mass is 10.1. The van der Waals surface area contributed by atoms with E-state index in [1.54, 1.807) is 10.9 Å². The molecule has 0 bridgehead atoms. The molecule has 1 saturated heterocycles. The van der Waals surface area contributed by atoms with Gasteiger partial charge in [-0.15, -0.1) is 10.2 Å². The molecule has 3 aromatic rings. The predicted molar refractivity (Wildman–Crippen MR) is 97.8 cm³/mol. The van der Waals surface area contributed by atoms with E-state index in [1.165, 1.54) is 11.1 Å². The van der Waals surface area contributed by atoms with Gasteiger partial charge in [-0.25, -0.2) is 4.68 Å². The van der Waals surface area contributed by atoms with Crippen LogP contribution in [-0.2, 0) is 6.54 Å². The van der Waals surface area contributed by atoms with Crippen molar-refractivity contribution in [2.45, 2.75) is 13.5 Å².